The predicted octanol–water partition coefficient (Wildman–Crippen LogP) is 3.83. The fourth-order valence-corrected chi connectivity index (χ4v) is 1.90. The van der Waals surface area contributed by atoms with Crippen molar-refractivity contribution in [3.05, 3.63) is 12.3 Å². The van der Waals surface area contributed by atoms with Crippen LogP contribution >= 0.6 is 0 Å². The minimum absolute atomic E-state index is 0.198. The highest BCUT2D eigenvalue weighted by atomic mass is 16.5. The van der Waals surface area contributed by atoms with Gasteiger partial charge in [0.2, 0.25) is 0 Å². The van der Waals surface area contributed by atoms with E-state index in [1.807, 2.05) is 7.05 Å². The third-order valence-corrected chi connectivity index (χ3v) is 2.89. The van der Waals surface area contributed by atoms with E-state index in [0.29, 0.717) is 17.9 Å². The van der Waals surface area contributed by atoms with Gasteiger partial charge in [0.15, 0.2) is 0 Å². The van der Waals surface area contributed by atoms with E-state index in [4.69, 9.17) is 4.74 Å². The van der Waals surface area contributed by atoms with Gasteiger partial charge in [-0.1, -0.05) is 48.1 Å². The van der Waals surface area contributed by atoms with Crippen LogP contribution in [0.4, 0.5) is 0 Å². The highest BCUT2D eigenvalue weighted by molar-refractivity contribution is 4.99. The number of hydrogen-bond acceptors (Lipinski definition) is 2. The normalized spacial score (nSPS) is 14.5. The lowest BCUT2D eigenvalue weighted by Gasteiger charge is -2.36. The Labute approximate surface area is 108 Å². The van der Waals surface area contributed by atoms with E-state index >= 15 is 0 Å². The highest BCUT2D eigenvalue weighted by Crippen LogP contribution is 2.40. The largest absolute Gasteiger partial charge is 0.497 e. The Bertz CT molecular complexity index is 232. The molecule has 0 saturated carbocycles. The lowest BCUT2D eigenvalue weighted by atomic mass is 9.71. The summed E-state index contributed by atoms with van der Waals surface area (Å²) in [6.07, 6.45) is 1.11. The molecule has 0 rings (SSSR count). The molecule has 0 radical (unpaired) electrons. The van der Waals surface area contributed by atoms with Crippen LogP contribution in [0.2, 0.25) is 0 Å². The molecular weight excluding hydrogens is 210 g/mol. The van der Waals surface area contributed by atoms with Crippen molar-refractivity contribution in [3.8, 4) is 0 Å². The maximum atomic E-state index is 5.76. The average molecular weight is 241 g/mol. The van der Waals surface area contributed by atoms with E-state index in [-0.39, 0.29) is 5.41 Å². The molecule has 0 aliphatic rings. The lowest BCUT2D eigenvalue weighted by Crippen LogP contribution is -2.28. The van der Waals surface area contributed by atoms with Crippen molar-refractivity contribution in [1.29, 1.82) is 0 Å². The lowest BCUT2D eigenvalue weighted by molar-refractivity contribution is 0.101. The van der Waals surface area contributed by atoms with Gasteiger partial charge in [0, 0.05) is 12.5 Å². The molecule has 0 amide bonds. The molecule has 1 N–H and O–H groups in total. The fraction of sp³-hybridized carbons (Fsp3) is 0.867. The van der Waals surface area contributed by atoms with Gasteiger partial charge < -0.3 is 10.1 Å². The number of likely N-dealkylation sites (N-methyl/N-ethyl adjacent to an activating group) is 1. The van der Waals surface area contributed by atoms with E-state index in [0.717, 1.165) is 18.7 Å². The van der Waals surface area contributed by atoms with Gasteiger partial charge in [-0.25, -0.2) is 0 Å². The zero-order valence-electron chi connectivity index (χ0n) is 12.8. The smallest absolute Gasteiger partial charge is 0.100 e. The van der Waals surface area contributed by atoms with Crippen molar-refractivity contribution in [3.63, 3.8) is 0 Å². The zero-order valence-corrected chi connectivity index (χ0v) is 12.8. The molecule has 0 aliphatic heterocycles. The summed E-state index contributed by atoms with van der Waals surface area (Å²) < 4.78 is 5.76. The summed E-state index contributed by atoms with van der Waals surface area (Å²) in [5.74, 6) is 1.34. The maximum Gasteiger partial charge on any atom is 0.100 e. The monoisotopic (exact) mass is 241 g/mol. The molecule has 2 heteroatoms. The third kappa shape index (κ3) is 7.43. The van der Waals surface area contributed by atoms with Gasteiger partial charge in [0.25, 0.3) is 0 Å². The van der Waals surface area contributed by atoms with Gasteiger partial charge in [0.05, 0.1) is 5.76 Å². The van der Waals surface area contributed by atoms with Crippen LogP contribution in [0.1, 0.15) is 48.0 Å². The topological polar surface area (TPSA) is 21.3 Å². The summed E-state index contributed by atoms with van der Waals surface area (Å²) in [6, 6.07) is 0. The number of allylic oxidation sites excluding steroid dienone is 1. The van der Waals surface area contributed by atoms with E-state index < -0.39 is 0 Å². The van der Waals surface area contributed by atoms with Crippen molar-refractivity contribution < 1.29 is 4.74 Å². The Hall–Kier alpha value is -0.500. The maximum absolute atomic E-state index is 5.76. The SMILES string of the molecule is C=C(OCCNC)[C@@H](CC(C)(C)C)C(C)(C)C. The van der Waals surface area contributed by atoms with Crippen LogP contribution in [-0.4, -0.2) is 20.2 Å². The first-order valence-electron chi connectivity index (χ1n) is 6.54. The second kappa shape index (κ2) is 6.44. The average Bonchev–Trinajstić information content (AvgIpc) is 2.11. The van der Waals surface area contributed by atoms with Crippen LogP contribution in [0.25, 0.3) is 0 Å². The molecule has 0 unspecified atom stereocenters. The van der Waals surface area contributed by atoms with Crippen molar-refractivity contribution in [2.75, 3.05) is 20.2 Å². The van der Waals surface area contributed by atoms with E-state index in [1.54, 1.807) is 0 Å². The molecule has 0 aromatic heterocycles. The standard InChI is InChI=1S/C15H31NO/c1-12(17-10-9-16-8)13(15(5,6)7)11-14(2,3)4/h13,16H,1,9-11H2,2-8H3/t13-/m1/s1. The molecule has 2 nitrogen and oxygen atoms in total. The van der Waals surface area contributed by atoms with Gasteiger partial charge in [-0.05, 0) is 24.3 Å². The van der Waals surface area contributed by atoms with Gasteiger partial charge in [-0.15, -0.1) is 0 Å². The minimum atomic E-state index is 0.198. The van der Waals surface area contributed by atoms with Gasteiger partial charge in [0.1, 0.15) is 6.61 Å². The Morgan fingerprint density at radius 1 is 1.18 bits per heavy atom. The summed E-state index contributed by atoms with van der Waals surface area (Å²) in [5, 5.41) is 3.08. The van der Waals surface area contributed by atoms with Gasteiger partial charge in [-0.2, -0.15) is 0 Å². The molecule has 0 spiro atoms. The molecule has 0 aliphatic carbocycles. The van der Waals surface area contributed by atoms with Crippen molar-refractivity contribution in [2.45, 2.75) is 48.0 Å². The number of rotatable bonds is 6. The summed E-state index contributed by atoms with van der Waals surface area (Å²) in [5.41, 5.74) is 0.497. The molecule has 0 aromatic rings. The highest BCUT2D eigenvalue weighted by Gasteiger charge is 2.32. The zero-order chi connectivity index (χ0) is 13.7. The molecule has 0 heterocycles. The molecular formula is C15H31NO. The first kappa shape index (κ1) is 16.5. The van der Waals surface area contributed by atoms with E-state index in [2.05, 4.69) is 53.4 Å². The van der Waals surface area contributed by atoms with Crippen LogP contribution in [-0.2, 0) is 4.74 Å². The Kier molecular flexibility index (Phi) is 6.25. The van der Waals surface area contributed by atoms with Crippen LogP contribution in [0, 0.1) is 16.7 Å². The summed E-state index contributed by atoms with van der Waals surface area (Å²) in [4.78, 5) is 0. The molecule has 0 bridgehead atoms. The third-order valence-electron chi connectivity index (χ3n) is 2.89. The van der Waals surface area contributed by atoms with E-state index in [1.165, 1.54) is 0 Å². The number of ether oxygens (including phenoxy) is 1. The Morgan fingerprint density at radius 2 is 1.71 bits per heavy atom. The quantitative estimate of drug-likeness (QED) is 0.563. The predicted molar refractivity (Wildman–Crippen MR) is 76.0 cm³/mol. The molecule has 0 aromatic carbocycles. The summed E-state index contributed by atoms with van der Waals surface area (Å²) >= 11 is 0. The minimum Gasteiger partial charge on any atom is -0.497 e. The number of nitrogens with one attached hydrogen (secondary N) is 1. The van der Waals surface area contributed by atoms with Gasteiger partial charge >= 0.3 is 0 Å². The second-order valence-electron chi connectivity index (χ2n) is 7.10. The van der Waals surface area contributed by atoms with Crippen LogP contribution in [0.5, 0.6) is 0 Å². The summed E-state index contributed by atoms with van der Waals surface area (Å²) in [7, 11) is 1.93. The van der Waals surface area contributed by atoms with E-state index in [9.17, 15) is 0 Å². The molecule has 0 saturated heterocycles. The van der Waals surface area contributed by atoms with Crippen molar-refractivity contribution in [2.24, 2.45) is 16.7 Å². The molecule has 102 valence electrons. The second-order valence-corrected chi connectivity index (χ2v) is 7.10. The first-order chi connectivity index (χ1) is 7.58. The molecule has 1 atom stereocenters. The Morgan fingerprint density at radius 3 is 2.06 bits per heavy atom. The van der Waals surface area contributed by atoms with Gasteiger partial charge in [-0.3, -0.25) is 0 Å². The fourth-order valence-electron chi connectivity index (χ4n) is 1.90. The summed E-state index contributed by atoms with van der Waals surface area (Å²) in [6.45, 7) is 19.3. The first-order valence-corrected chi connectivity index (χ1v) is 6.54. The van der Waals surface area contributed by atoms with Crippen molar-refractivity contribution in [1.82, 2.24) is 5.32 Å². The Balaban J connectivity index is 4.54. The van der Waals surface area contributed by atoms with Crippen LogP contribution in [0.3, 0.4) is 0 Å². The van der Waals surface area contributed by atoms with Crippen molar-refractivity contribution >= 4 is 0 Å². The van der Waals surface area contributed by atoms with Crippen LogP contribution < -0.4 is 5.32 Å². The molecule has 0 fully saturated rings. The molecule has 17 heavy (non-hydrogen) atoms. The van der Waals surface area contributed by atoms with Crippen LogP contribution in [0.15, 0.2) is 12.3 Å². The number of hydrogen-bond donors (Lipinski definition) is 1.